The number of nitrogens with two attached hydrogens (primary N) is 1. The topological polar surface area (TPSA) is 120 Å². The Bertz CT molecular complexity index is 1020. The maximum atomic E-state index is 12.4. The molecule has 0 aliphatic carbocycles. The Morgan fingerprint density at radius 3 is 2.53 bits per heavy atom. The summed E-state index contributed by atoms with van der Waals surface area (Å²) >= 11 is 0. The van der Waals surface area contributed by atoms with Crippen LogP contribution in [0.25, 0.3) is 11.5 Å². The van der Waals surface area contributed by atoms with Crippen LogP contribution in [0.15, 0.2) is 66.0 Å². The zero-order valence-electron chi connectivity index (χ0n) is 18.2. The summed E-state index contributed by atoms with van der Waals surface area (Å²) in [6.45, 7) is 5.41. The third-order valence-corrected chi connectivity index (χ3v) is 5.48. The Morgan fingerprint density at radius 1 is 1.25 bits per heavy atom. The van der Waals surface area contributed by atoms with Crippen molar-refractivity contribution in [3.05, 3.63) is 78.6 Å². The standard InChI is InChI=1S/C21H23N3O4S.C2H5N/c1-15-19(24-21(28-15)17-3-5-18(27-2)6-4-17)13-29(26)14-20(25)23-12-9-16-7-10-22-11-8-16;1-2-3/h3-8,10-11H,9,12-14H2,1-2H3,(H,23,25);2H,1,3H2. The lowest BCUT2D eigenvalue weighted by molar-refractivity contribution is -0.118. The first kappa shape index (κ1) is 24.8. The Hall–Kier alpha value is -3.46. The molecule has 0 aliphatic heterocycles. The van der Waals surface area contributed by atoms with Crippen LogP contribution in [0.1, 0.15) is 17.0 Å². The molecule has 0 radical (unpaired) electrons. The Balaban J connectivity index is 0.00000114. The molecule has 2 heterocycles. The summed E-state index contributed by atoms with van der Waals surface area (Å²) in [5, 5.41) is 2.80. The van der Waals surface area contributed by atoms with Crippen molar-refractivity contribution in [2.75, 3.05) is 19.4 Å². The van der Waals surface area contributed by atoms with Crippen molar-refractivity contribution in [1.29, 1.82) is 0 Å². The predicted molar refractivity (Wildman–Crippen MR) is 125 cm³/mol. The van der Waals surface area contributed by atoms with E-state index in [1.54, 1.807) is 26.4 Å². The van der Waals surface area contributed by atoms with Gasteiger partial charge < -0.3 is 20.2 Å². The number of hydrogen-bond donors (Lipinski definition) is 2. The van der Waals surface area contributed by atoms with Crippen molar-refractivity contribution in [1.82, 2.24) is 15.3 Å². The number of ether oxygens (including phenoxy) is 1. The molecule has 1 aromatic carbocycles. The normalized spacial score (nSPS) is 11.1. The highest BCUT2D eigenvalue weighted by Gasteiger charge is 2.16. The number of carbonyl (C=O) groups is 1. The van der Waals surface area contributed by atoms with Gasteiger partial charge in [-0.3, -0.25) is 14.0 Å². The first-order valence-corrected chi connectivity index (χ1v) is 11.4. The summed E-state index contributed by atoms with van der Waals surface area (Å²) in [6, 6.07) is 11.1. The Labute approximate surface area is 190 Å². The zero-order chi connectivity index (χ0) is 23.3. The summed E-state index contributed by atoms with van der Waals surface area (Å²) in [5.74, 6) is 1.66. The number of rotatable bonds is 9. The van der Waals surface area contributed by atoms with Gasteiger partial charge in [-0.1, -0.05) is 6.58 Å². The number of nitrogens with zero attached hydrogens (tertiary/aromatic N) is 2. The minimum Gasteiger partial charge on any atom is -0.497 e. The molecule has 1 amide bonds. The van der Waals surface area contributed by atoms with Crippen LogP contribution in [0.5, 0.6) is 5.75 Å². The summed E-state index contributed by atoms with van der Waals surface area (Å²) in [4.78, 5) is 20.4. The SMILES string of the molecule is C=CN.COc1ccc(-c2nc(CS(=O)CC(=O)NCCc3ccncc3)c(C)o2)cc1. The quantitative estimate of drug-likeness (QED) is 0.508. The molecule has 0 bridgehead atoms. The molecule has 1 unspecified atom stereocenters. The molecule has 9 heteroatoms. The first-order valence-electron chi connectivity index (χ1n) is 9.90. The summed E-state index contributed by atoms with van der Waals surface area (Å²) in [7, 11) is 0.232. The molecule has 0 fully saturated rings. The number of pyridine rings is 1. The highest BCUT2D eigenvalue weighted by Crippen LogP contribution is 2.24. The van der Waals surface area contributed by atoms with E-state index in [0.29, 0.717) is 30.3 Å². The van der Waals surface area contributed by atoms with Crippen molar-refractivity contribution in [3.63, 3.8) is 0 Å². The second-order valence-electron chi connectivity index (χ2n) is 6.67. The van der Waals surface area contributed by atoms with E-state index >= 15 is 0 Å². The fourth-order valence-corrected chi connectivity index (χ4v) is 3.78. The molecular formula is C23H28N4O4S. The van der Waals surface area contributed by atoms with Crippen LogP contribution in [-0.2, 0) is 27.8 Å². The van der Waals surface area contributed by atoms with Crippen molar-refractivity contribution in [2.45, 2.75) is 19.1 Å². The zero-order valence-corrected chi connectivity index (χ0v) is 19.1. The number of amides is 1. The minimum atomic E-state index is -1.37. The molecule has 0 saturated heterocycles. The van der Waals surface area contributed by atoms with Crippen LogP contribution in [0.4, 0.5) is 0 Å². The van der Waals surface area contributed by atoms with Crippen LogP contribution in [-0.4, -0.2) is 39.5 Å². The lowest BCUT2D eigenvalue weighted by atomic mass is 10.2. The van der Waals surface area contributed by atoms with Gasteiger partial charge in [-0.25, -0.2) is 4.98 Å². The predicted octanol–water partition coefficient (Wildman–Crippen LogP) is 2.75. The van der Waals surface area contributed by atoms with Crippen LogP contribution < -0.4 is 15.8 Å². The number of oxazole rings is 1. The number of hydrogen-bond acceptors (Lipinski definition) is 7. The minimum absolute atomic E-state index is 0.0689. The average Bonchev–Trinajstić information content (AvgIpc) is 3.15. The van der Waals surface area contributed by atoms with Crippen LogP contribution in [0.2, 0.25) is 0 Å². The highest BCUT2D eigenvalue weighted by molar-refractivity contribution is 7.84. The third-order valence-electron chi connectivity index (χ3n) is 4.30. The summed E-state index contributed by atoms with van der Waals surface area (Å²) < 4.78 is 23.2. The molecule has 3 rings (SSSR count). The van der Waals surface area contributed by atoms with Gasteiger partial charge in [-0.05, 0) is 61.5 Å². The summed E-state index contributed by atoms with van der Waals surface area (Å²) in [5.41, 5.74) is 7.10. The molecule has 0 spiro atoms. The van der Waals surface area contributed by atoms with E-state index in [-0.39, 0.29) is 17.4 Å². The molecule has 8 nitrogen and oxygen atoms in total. The van der Waals surface area contributed by atoms with Crippen LogP contribution in [0, 0.1) is 6.92 Å². The van der Waals surface area contributed by atoms with Crippen LogP contribution >= 0.6 is 0 Å². The number of methoxy groups -OCH3 is 1. The van der Waals surface area contributed by atoms with E-state index < -0.39 is 10.8 Å². The van der Waals surface area contributed by atoms with Crippen LogP contribution in [0.3, 0.4) is 0 Å². The van der Waals surface area contributed by atoms with Gasteiger partial charge in [0.05, 0.1) is 18.6 Å². The van der Waals surface area contributed by atoms with Gasteiger partial charge in [-0.2, -0.15) is 0 Å². The van der Waals surface area contributed by atoms with Crippen molar-refractivity contribution in [3.8, 4) is 17.2 Å². The fraction of sp³-hybridized carbons (Fsp3) is 0.261. The molecule has 0 aliphatic rings. The van der Waals surface area contributed by atoms with Gasteiger partial charge >= 0.3 is 0 Å². The smallest absolute Gasteiger partial charge is 0.232 e. The van der Waals surface area contributed by atoms with Gasteiger partial charge in [0, 0.05) is 35.3 Å². The van der Waals surface area contributed by atoms with Gasteiger partial charge in [0.15, 0.2) is 0 Å². The Kier molecular flexibility index (Phi) is 10.1. The number of aromatic nitrogens is 2. The van der Waals surface area contributed by atoms with E-state index in [4.69, 9.17) is 9.15 Å². The molecule has 2 aromatic heterocycles. The van der Waals surface area contributed by atoms with Crippen molar-refractivity contribution < 1.29 is 18.2 Å². The van der Waals surface area contributed by atoms with E-state index in [1.165, 1.54) is 6.20 Å². The van der Waals surface area contributed by atoms with E-state index in [1.807, 2.05) is 36.4 Å². The van der Waals surface area contributed by atoms with E-state index in [2.05, 4.69) is 27.6 Å². The fourth-order valence-electron chi connectivity index (χ4n) is 2.72. The second kappa shape index (κ2) is 13.1. The number of aryl methyl sites for hydroxylation is 1. The number of carbonyl (C=O) groups excluding carboxylic acids is 1. The molecule has 3 aromatic rings. The van der Waals surface area contributed by atoms with E-state index in [9.17, 15) is 9.00 Å². The maximum absolute atomic E-state index is 12.4. The molecule has 170 valence electrons. The molecule has 3 N–H and O–H groups in total. The average molecular weight is 457 g/mol. The van der Waals surface area contributed by atoms with Gasteiger partial charge in [0.25, 0.3) is 0 Å². The molecule has 32 heavy (non-hydrogen) atoms. The number of benzene rings is 1. The highest BCUT2D eigenvalue weighted by atomic mass is 32.2. The van der Waals surface area contributed by atoms with Crippen molar-refractivity contribution >= 4 is 16.7 Å². The molecular weight excluding hydrogens is 428 g/mol. The monoisotopic (exact) mass is 456 g/mol. The third kappa shape index (κ3) is 7.99. The van der Waals surface area contributed by atoms with Gasteiger partial charge in [-0.15, -0.1) is 0 Å². The number of nitrogens with one attached hydrogen (secondary N) is 1. The van der Waals surface area contributed by atoms with Gasteiger partial charge in [0.1, 0.15) is 17.3 Å². The lowest BCUT2D eigenvalue weighted by Gasteiger charge is -2.05. The second-order valence-corrected chi connectivity index (χ2v) is 8.13. The Morgan fingerprint density at radius 2 is 1.91 bits per heavy atom. The maximum Gasteiger partial charge on any atom is 0.232 e. The van der Waals surface area contributed by atoms with Crippen molar-refractivity contribution in [2.24, 2.45) is 5.73 Å². The molecule has 0 saturated carbocycles. The lowest BCUT2D eigenvalue weighted by Crippen LogP contribution is -2.30. The molecule has 1 atom stereocenters. The first-order chi connectivity index (χ1) is 15.5. The summed E-state index contributed by atoms with van der Waals surface area (Å²) in [6.07, 6.45) is 5.38. The largest absolute Gasteiger partial charge is 0.497 e. The van der Waals surface area contributed by atoms with Gasteiger partial charge in [0.2, 0.25) is 11.8 Å². The van der Waals surface area contributed by atoms with E-state index in [0.717, 1.165) is 16.9 Å².